The van der Waals surface area contributed by atoms with Crippen LogP contribution in [0.25, 0.3) is 10.9 Å². The van der Waals surface area contributed by atoms with E-state index in [-0.39, 0.29) is 18.0 Å². The Morgan fingerprint density at radius 1 is 1.05 bits per heavy atom. The maximum absolute atomic E-state index is 13.4. The lowest BCUT2D eigenvalue weighted by Crippen LogP contribution is -2.49. The lowest BCUT2D eigenvalue weighted by Gasteiger charge is -2.20. The minimum Gasteiger partial charge on any atom is -0.464 e. The summed E-state index contributed by atoms with van der Waals surface area (Å²) < 4.78 is 34.7. The van der Waals surface area contributed by atoms with Crippen LogP contribution in [0.5, 0.6) is 0 Å². The molecule has 12 heteroatoms. The first-order valence-corrected chi connectivity index (χ1v) is 14.3. The van der Waals surface area contributed by atoms with E-state index in [1.165, 1.54) is 0 Å². The number of hydrogen-bond acceptors (Lipinski definition) is 8. The van der Waals surface area contributed by atoms with E-state index in [9.17, 15) is 18.0 Å². The molecule has 210 valence electrons. The van der Waals surface area contributed by atoms with Gasteiger partial charge < -0.3 is 15.4 Å². The lowest BCUT2D eigenvalue weighted by atomic mass is 10.1. The zero-order chi connectivity index (χ0) is 28.7. The Balaban J connectivity index is 1.44. The summed E-state index contributed by atoms with van der Waals surface area (Å²) in [6, 6.07) is 12.6. The molecule has 0 saturated heterocycles. The highest BCUT2D eigenvalue weighted by molar-refractivity contribution is 7.89. The Hall–Kier alpha value is -4.29. The number of ether oxygens (including phenoxy) is 1. The predicted molar refractivity (Wildman–Crippen MR) is 151 cm³/mol. The number of hydrogen-bond donors (Lipinski definition) is 4. The van der Waals surface area contributed by atoms with E-state index in [1.807, 2.05) is 25.1 Å². The van der Waals surface area contributed by atoms with Gasteiger partial charge in [0.15, 0.2) is 0 Å². The first-order valence-electron chi connectivity index (χ1n) is 12.8. The molecule has 0 radical (unpaired) electrons. The number of carbonyl (C=O) groups excluding carboxylic acids is 2. The third kappa shape index (κ3) is 7.21. The van der Waals surface area contributed by atoms with Gasteiger partial charge in [-0.2, -0.15) is 9.82 Å². The Labute approximate surface area is 232 Å². The summed E-state index contributed by atoms with van der Waals surface area (Å²) in [5.41, 5.74) is 3.14. The third-order valence-electron chi connectivity index (χ3n) is 6.16. The summed E-state index contributed by atoms with van der Waals surface area (Å²) in [5.74, 6) is -0.573. The van der Waals surface area contributed by atoms with Crippen LogP contribution in [0.1, 0.15) is 33.5 Å². The van der Waals surface area contributed by atoms with E-state index in [4.69, 9.17) is 4.74 Å². The summed E-state index contributed by atoms with van der Waals surface area (Å²) >= 11 is 0. The lowest BCUT2D eigenvalue weighted by molar-refractivity contribution is -0.145. The summed E-state index contributed by atoms with van der Waals surface area (Å²) in [4.78, 5) is 30.2. The van der Waals surface area contributed by atoms with Crippen molar-refractivity contribution in [2.24, 2.45) is 0 Å². The van der Waals surface area contributed by atoms with Gasteiger partial charge in [0.05, 0.1) is 23.2 Å². The van der Waals surface area contributed by atoms with Crippen LogP contribution >= 0.6 is 0 Å². The van der Waals surface area contributed by atoms with Crippen molar-refractivity contribution in [2.75, 3.05) is 25.0 Å². The number of anilines is 1. The second-order valence-corrected chi connectivity index (χ2v) is 11.1. The summed E-state index contributed by atoms with van der Waals surface area (Å²) in [6.07, 6.45) is 3.72. The maximum atomic E-state index is 13.4. The number of H-pyrrole nitrogens is 1. The number of amides is 1. The molecule has 4 aromatic rings. The standard InChI is InChI=1S/C28H32N6O5S/c1-18-13-19(2)26(20(3)14-18)40(37,38)34-24(28(36)39-12-6-11-30-25-7-4-5-10-29-25)17-31-27(35)21-8-9-23-22(15-21)16-32-33-23/h4-5,7-10,13-16,24,34H,6,11-12,17H2,1-3H3,(H,29,30)(H,31,35)(H,32,33). The Bertz CT molecular complexity index is 1580. The highest BCUT2D eigenvalue weighted by atomic mass is 32.2. The first kappa shape index (κ1) is 28.7. The molecule has 4 N–H and O–H groups in total. The topological polar surface area (TPSA) is 155 Å². The van der Waals surface area contributed by atoms with Crippen LogP contribution in [0.15, 0.2) is 65.8 Å². The second kappa shape index (κ2) is 12.7. The van der Waals surface area contributed by atoms with E-state index in [0.717, 1.165) is 16.5 Å². The molecule has 0 fully saturated rings. The second-order valence-electron chi connectivity index (χ2n) is 9.45. The number of aromatic amines is 1. The van der Waals surface area contributed by atoms with Crippen LogP contribution in [0.3, 0.4) is 0 Å². The largest absolute Gasteiger partial charge is 0.464 e. The smallest absolute Gasteiger partial charge is 0.326 e. The van der Waals surface area contributed by atoms with Crippen molar-refractivity contribution in [3.8, 4) is 0 Å². The number of aryl methyl sites for hydroxylation is 3. The molecule has 1 amide bonds. The van der Waals surface area contributed by atoms with Crippen LogP contribution in [-0.4, -0.2) is 61.2 Å². The van der Waals surface area contributed by atoms with Crippen molar-refractivity contribution in [1.82, 2.24) is 25.2 Å². The molecule has 4 rings (SSSR count). The quantitative estimate of drug-likeness (QED) is 0.151. The molecule has 1 atom stereocenters. The minimum absolute atomic E-state index is 0.0462. The number of nitrogens with zero attached hydrogens (tertiary/aromatic N) is 2. The predicted octanol–water partition coefficient (Wildman–Crippen LogP) is 3.01. The summed E-state index contributed by atoms with van der Waals surface area (Å²) in [7, 11) is -4.12. The van der Waals surface area contributed by atoms with Gasteiger partial charge >= 0.3 is 5.97 Å². The van der Waals surface area contributed by atoms with Crippen LogP contribution in [-0.2, 0) is 19.6 Å². The Kier molecular flexibility index (Phi) is 9.12. The monoisotopic (exact) mass is 564 g/mol. The van der Waals surface area contributed by atoms with E-state index in [2.05, 4.69) is 30.5 Å². The van der Waals surface area contributed by atoms with E-state index >= 15 is 0 Å². The molecular formula is C28H32N6O5S. The van der Waals surface area contributed by atoms with Crippen LogP contribution in [0.2, 0.25) is 0 Å². The van der Waals surface area contributed by atoms with Crippen molar-refractivity contribution in [3.63, 3.8) is 0 Å². The normalized spacial score (nSPS) is 12.2. The number of sulfonamides is 1. The molecule has 0 saturated carbocycles. The van der Waals surface area contributed by atoms with Gasteiger partial charge in [-0.25, -0.2) is 13.4 Å². The zero-order valence-electron chi connectivity index (χ0n) is 22.5. The van der Waals surface area contributed by atoms with Gasteiger partial charge in [-0.3, -0.25) is 14.7 Å². The van der Waals surface area contributed by atoms with Crippen LogP contribution in [0, 0.1) is 20.8 Å². The molecule has 11 nitrogen and oxygen atoms in total. The molecule has 40 heavy (non-hydrogen) atoms. The zero-order valence-corrected chi connectivity index (χ0v) is 23.3. The third-order valence-corrected chi connectivity index (χ3v) is 7.94. The van der Waals surface area contributed by atoms with E-state index in [1.54, 1.807) is 56.6 Å². The van der Waals surface area contributed by atoms with E-state index in [0.29, 0.717) is 35.5 Å². The first-order chi connectivity index (χ1) is 19.1. The number of benzene rings is 2. The highest BCUT2D eigenvalue weighted by Crippen LogP contribution is 2.22. The van der Waals surface area contributed by atoms with Crippen molar-refractivity contribution >= 4 is 38.6 Å². The Morgan fingerprint density at radius 2 is 1.82 bits per heavy atom. The van der Waals surface area contributed by atoms with Gasteiger partial charge in [0, 0.05) is 30.2 Å². The average molecular weight is 565 g/mol. The van der Waals surface area contributed by atoms with Crippen LogP contribution < -0.4 is 15.4 Å². The maximum Gasteiger partial charge on any atom is 0.326 e. The van der Waals surface area contributed by atoms with Crippen LogP contribution in [0.4, 0.5) is 5.82 Å². The molecule has 0 spiro atoms. The van der Waals surface area contributed by atoms with Gasteiger partial charge in [0.25, 0.3) is 5.91 Å². The molecule has 1 unspecified atom stereocenters. The SMILES string of the molecule is Cc1cc(C)c(S(=O)(=O)NC(CNC(=O)c2ccc3[nH]ncc3c2)C(=O)OCCCNc2ccccn2)c(C)c1. The number of pyridine rings is 1. The molecule has 0 aliphatic heterocycles. The minimum atomic E-state index is -4.12. The molecular weight excluding hydrogens is 532 g/mol. The van der Waals surface area contributed by atoms with Gasteiger partial charge in [-0.15, -0.1) is 0 Å². The van der Waals surface area contributed by atoms with Gasteiger partial charge in [-0.05, 0) is 68.7 Å². The molecule has 2 aromatic carbocycles. The fourth-order valence-corrected chi connectivity index (χ4v) is 6.06. The summed E-state index contributed by atoms with van der Waals surface area (Å²) in [6.45, 7) is 5.51. The summed E-state index contributed by atoms with van der Waals surface area (Å²) in [5, 5.41) is 13.3. The van der Waals surface area contributed by atoms with Crippen molar-refractivity contribution in [1.29, 1.82) is 0 Å². The van der Waals surface area contributed by atoms with Crippen molar-refractivity contribution in [2.45, 2.75) is 38.1 Å². The average Bonchev–Trinajstić information content (AvgIpc) is 3.38. The number of carbonyl (C=O) groups is 2. The van der Waals surface area contributed by atoms with Gasteiger partial charge in [0.2, 0.25) is 10.0 Å². The molecule has 0 bridgehead atoms. The molecule has 2 aromatic heterocycles. The number of rotatable bonds is 12. The van der Waals surface area contributed by atoms with Gasteiger partial charge in [-0.1, -0.05) is 23.8 Å². The van der Waals surface area contributed by atoms with Crippen molar-refractivity contribution in [3.05, 3.63) is 83.2 Å². The fraction of sp³-hybridized carbons (Fsp3) is 0.286. The van der Waals surface area contributed by atoms with Gasteiger partial charge in [0.1, 0.15) is 11.9 Å². The molecule has 0 aliphatic carbocycles. The number of fused-ring (bicyclic) bond motifs is 1. The number of aromatic nitrogens is 3. The number of esters is 1. The number of nitrogens with one attached hydrogen (secondary N) is 4. The highest BCUT2D eigenvalue weighted by Gasteiger charge is 2.29. The molecule has 0 aliphatic rings. The Morgan fingerprint density at radius 3 is 2.55 bits per heavy atom. The van der Waals surface area contributed by atoms with Crippen molar-refractivity contribution < 1.29 is 22.7 Å². The van der Waals surface area contributed by atoms with E-state index < -0.39 is 27.9 Å². The fourth-order valence-electron chi connectivity index (χ4n) is 4.42. The molecule has 2 heterocycles.